The Morgan fingerprint density at radius 3 is 2.21 bits per heavy atom. The second-order valence-electron chi connectivity index (χ2n) is 7.64. The van der Waals surface area contributed by atoms with Gasteiger partial charge in [-0.2, -0.15) is 0 Å². The SMILES string of the molecule is O=C(NCc1ccccc1)C1CN(C(=O)C2CC2)CCN1C(=O)c1ccccc1. The Morgan fingerprint density at radius 1 is 0.897 bits per heavy atom. The van der Waals surface area contributed by atoms with Crippen LogP contribution in [0.3, 0.4) is 0 Å². The highest BCUT2D eigenvalue weighted by atomic mass is 16.2. The van der Waals surface area contributed by atoms with E-state index in [0.29, 0.717) is 25.2 Å². The first kappa shape index (κ1) is 19.2. The van der Waals surface area contributed by atoms with E-state index in [2.05, 4.69) is 5.32 Å². The molecular formula is C23H25N3O3. The lowest BCUT2D eigenvalue weighted by molar-refractivity contribution is -0.138. The number of amides is 3. The van der Waals surface area contributed by atoms with Crippen molar-refractivity contribution in [2.75, 3.05) is 19.6 Å². The van der Waals surface area contributed by atoms with Crippen LogP contribution < -0.4 is 5.32 Å². The van der Waals surface area contributed by atoms with Gasteiger partial charge >= 0.3 is 0 Å². The largest absolute Gasteiger partial charge is 0.350 e. The number of carbonyl (C=O) groups excluding carboxylic acids is 3. The minimum Gasteiger partial charge on any atom is -0.350 e. The average molecular weight is 391 g/mol. The molecule has 0 spiro atoms. The average Bonchev–Trinajstić information content (AvgIpc) is 3.63. The van der Waals surface area contributed by atoms with E-state index in [-0.39, 0.29) is 30.2 Å². The van der Waals surface area contributed by atoms with Gasteiger partial charge in [-0.15, -0.1) is 0 Å². The van der Waals surface area contributed by atoms with Crippen molar-refractivity contribution in [3.8, 4) is 0 Å². The number of hydrogen-bond donors (Lipinski definition) is 1. The zero-order chi connectivity index (χ0) is 20.2. The van der Waals surface area contributed by atoms with Crippen molar-refractivity contribution in [3.63, 3.8) is 0 Å². The highest BCUT2D eigenvalue weighted by Gasteiger charge is 2.41. The third-order valence-electron chi connectivity index (χ3n) is 5.51. The van der Waals surface area contributed by atoms with E-state index in [1.54, 1.807) is 21.9 Å². The molecule has 0 aromatic heterocycles. The summed E-state index contributed by atoms with van der Waals surface area (Å²) in [6.45, 7) is 1.46. The van der Waals surface area contributed by atoms with Gasteiger partial charge in [-0.3, -0.25) is 14.4 Å². The lowest BCUT2D eigenvalue weighted by Gasteiger charge is -2.40. The van der Waals surface area contributed by atoms with Crippen molar-refractivity contribution >= 4 is 17.7 Å². The summed E-state index contributed by atoms with van der Waals surface area (Å²) in [5.41, 5.74) is 1.54. The second kappa shape index (κ2) is 8.47. The molecule has 1 aliphatic carbocycles. The Balaban J connectivity index is 1.50. The Morgan fingerprint density at radius 2 is 1.55 bits per heavy atom. The Labute approximate surface area is 170 Å². The second-order valence-corrected chi connectivity index (χ2v) is 7.64. The van der Waals surface area contributed by atoms with Gasteiger partial charge in [0.05, 0.1) is 6.54 Å². The molecule has 1 atom stereocenters. The first-order valence-electron chi connectivity index (χ1n) is 10.1. The number of hydrogen-bond acceptors (Lipinski definition) is 3. The molecule has 1 aliphatic heterocycles. The zero-order valence-electron chi connectivity index (χ0n) is 16.3. The van der Waals surface area contributed by atoms with Crippen molar-refractivity contribution in [2.45, 2.75) is 25.4 Å². The molecule has 2 aliphatic rings. The molecule has 2 fully saturated rings. The number of nitrogens with zero attached hydrogens (tertiary/aromatic N) is 2. The zero-order valence-corrected chi connectivity index (χ0v) is 16.3. The molecule has 6 heteroatoms. The molecule has 2 aromatic carbocycles. The fourth-order valence-electron chi connectivity index (χ4n) is 3.69. The third kappa shape index (κ3) is 4.47. The summed E-state index contributed by atoms with van der Waals surface area (Å²) >= 11 is 0. The van der Waals surface area contributed by atoms with Gasteiger partial charge in [0.25, 0.3) is 5.91 Å². The molecule has 0 radical (unpaired) electrons. The van der Waals surface area contributed by atoms with Gasteiger partial charge in [-0.1, -0.05) is 48.5 Å². The summed E-state index contributed by atoms with van der Waals surface area (Å²) in [7, 11) is 0. The summed E-state index contributed by atoms with van der Waals surface area (Å²) < 4.78 is 0. The number of benzene rings is 2. The molecule has 2 aromatic rings. The van der Waals surface area contributed by atoms with Crippen LogP contribution in [0.1, 0.15) is 28.8 Å². The molecular weight excluding hydrogens is 366 g/mol. The summed E-state index contributed by atoms with van der Waals surface area (Å²) in [4.78, 5) is 42.0. The van der Waals surface area contributed by atoms with Gasteiger partial charge in [-0.25, -0.2) is 0 Å². The van der Waals surface area contributed by atoms with Crippen LogP contribution in [-0.4, -0.2) is 53.2 Å². The summed E-state index contributed by atoms with van der Waals surface area (Å²) in [5, 5.41) is 2.94. The first-order chi connectivity index (χ1) is 14.1. The lowest BCUT2D eigenvalue weighted by Crippen LogP contribution is -2.61. The maximum absolute atomic E-state index is 13.1. The Hall–Kier alpha value is -3.15. The normalized spacial score (nSPS) is 19.0. The minimum atomic E-state index is -0.692. The van der Waals surface area contributed by atoms with Gasteiger partial charge in [0.1, 0.15) is 6.04 Å². The topological polar surface area (TPSA) is 69.7 Å². The predicted octanol–water partition coefficient (Wildman–Crippen LogP) is 2.07. The van der Waals surface area contributed by atoms with E-state index in [0.717, 1.165) is 18.4 Å². The fraction of sp³-hybridized carbons (Fsp3) is 0.348. The van der Waals surface area contributed by atoms with E-state index >= 15 is 0 Å². The molecule has 29 heavy (non-hydrogen) atoms. The molecule has 4 rings (SSSR count). The molecule has 3 amide bonds. The van der Waals surface area contributed by atoms with Crippen LogP contribution in [0, 0.1) is 5.92 Å². The van der Waals surface area contributed by atoms with Crippen LogP contribution in [0.2, 0.25) is 0 Å². The van der Waals surface area contributed by atoms with Crippen LogP contribution in [0.5, 0.6) is 0 Å². The van der Waals surface area contributed by atoms with Crippen LogP contribution in [0.4, 0.5) is 0 Å². The van der Waals surface area contributed by atoms with E-state index in [4.69, 9.17) is 0 Å². The number of piperazine rings is 1. The van der Waals surface area contributed by atoms with E-state index in [1.807, 2.05) is 48.5 Å². The lowest BCUT2D eigenvalue weighted by atomic mass is 10.1. The minimum absolute atomic E-state index is 0.0967. The molecule has 150 valence electrons. The smallest absolute Gasteiger partial charge is 0.254 e. The summed E-state index contributed by atoms with van der Waals surface area (Å²) in [5.74, 6) is -0.201. The van der Waals surface area contributed by atoms with Gasteiger partial charge in [-0.05, 0) is 30.5 Å². The van der Waals surface area contributed by atoms with Crippen molar-refractivity contribution in [3.05, 3.63) is 71.8 Å². The quantitative estimate of drug-likeness (QED) is 0.848. The van der Waals surface area contributed by atoms with Crippen LogP contribution >= 0.6 is 0 Å². The van der Waals surface area contributed by atoms with E-state index < -0.39 is 6.04 Å². The Kier molecular flexibility index (Phi) is 5.60. The third-order valence-corrected chi connectivity index (χ3v) is 5.51. The van der Waals surface area contributed by atoms with Crippen molar-refractivity contribution < 1.29 is 14.4 Å². The summed E-state index contributed by atoms with van der Waals surface area (Å²) in [6.07, 6.45) is 1.85. The monoisotopic (exact) mass is 391 g/mol. The molecule has 1 saturated carbocycles. The molecule has 1 unspecified atom stereocenters. The molecule has 1 N–H and O–H groups in total. The van der Waals surface area contributed by atoms with Gasteiger partial charge in [0.15, 0.2) is 0 Å². The molecule has 1 saturated heterocycles. The van der Waals surface area contributed by atoms with E-state index in [1.165, 1.54) is 0 Å². The highest BCUT2D eigenvalue weighted by molar-refractivity contribution is 5.98. The van der Waals surface area contributed by atoms with Crippen LogP contribution in [0.15, 0.2) is 60.7 Å². The van der Waals surface area contributed by atoms with Crippen LogP contribution in [0.25, 0.3) is 0 Å². The van der Waals surface area contributed by atoms with E-state index in [9.17, 15) is 14.4 Å². The fourth-order valence-corrected chi connectivity index (χ4v) is 3.69. The van der Waals surface area contributed by atoms with Crippen molar-refractivity contribution in [2.24, 2.45) is 5.92 Å². The molecule has 1 heterocycles. The van der Waals surface area contributed by atoms with Gasteiger partial charge < -0.3 is 15.1 Å². The Bertz CT molecular complexity index is 881. The first-order valence-corrected chi connectivity index (χ1v) is 10.1. The van der Waals surface area contributed by atoms with Gasteiger partial charge in [0.2, 0.25) is 11.8 Å². The molecule has 6 nitrogen and oxygen atoms in total. The number of nitrogens with one attached hydrogen (secondary N) is 1. The van der Waals surface area contributed by atoms with Crippen molar-refractivity contribution in [1.29, 1.82) is 0 Å². The number of carbonyl (C=O) groups is 3. The standard InChI is InChI=1S/C23H25N3O3/c27-21(24-15-17-7-3-1-4-8-17)20-16-25(22(28)19-11-12-19)13-14-26(20)23(29)18-9-5-2-6-10-18/h1-10,19-20H,11-16H2,(H,24,27). The summed E-state index contributed by atoms with van der Waals surface area (Å²) in [6, 6.07) is 17.9. The predicted molar refractivity (Wildman–Crippen MR) is 109 cm³/mol. The maximum atomic E-state index is 13.1. The number of rotatable bonds is 5. The van der Waals surface area contributed by atoms with Crippen molar-refractivity contribution in [1.82, 2.24) is 15.1 Å². The highest BCUT2D eigenvalue weighted by Crippen LogP contribution is 2.32. The van der Waals surface area contributed by atoms with Crippen LogP contribution in [-0.2, 0) is 16.1 Å². The van der Waals surface area contributed by atoms with Gasteiger partial charge in [0, 0.05) is 31.1 Å². The maximum Gasteiger partial charge on any atom is 0.254 e. The molecule has 0 bridgehead atoms.